The Morgan fingerprint density at radius 2 is 1.35 bits per heavy atom. The highest BCUT2D eigenvalue weighted by molar-refractivity contribution is 9.11. The zero-order chi connectivity index (χ0) is 28.4. The second kappa shape index (κ2) is 12.6. The molecule has 0 aliphatic heterocycles. The molecule has 4 aliphatic rings. The van der Waals surface area contributed by atoms with Crippen LogP contribution in [0.5, 0.6) is 0 Å². The zero-order valence-electron chi connectivity index (χ0n) is 22.8. The first-order chi connectivity index (χ1) is 19.1. The molecule has 2 atom stereocenters. The van der Waals surface area contributed by atoms with Gasteiger partial charge >= 0.3 is 0 Å². The molecule has 0 radical (unpaired) electrons. The molecule has 2 N–H and O–H groups in total. The Hall–Kier alpha value is -1.77. The standard InChI is InChI=1S/C13H15BrO.C13H13Br.C7H8O3S/c14-12-7-11-9-4-2-1-3-8(9)5-6-10(11)13(12)15;14-11-7-10-6-5-9-3-1-2-4-12(9)13(10)8-11;1-6-2-4-7(5-3-6)11(8,9)10/h5-6,12-13,15H,1-4,7H2;5-7H,1-4,8H2;2-5H,1H3,(H,8,9,10). The van der Waals surface area contributed by atoms with Crippen LogP contribution in [0, 0.1) is 6.92 Å². The smallest absolute Gasteiger partial charge is 0.294 e. The SMILES string of the molecule is BrC1=Cc2ccc3c(c2C1)CCCC3.Cc1ccc(S(=O)(=O)O)cc1.OC1c2ccc3c(c2CC1Br)CCCC3. The van der Waals surface area contributed by atoms with Crippen molar-refractivity contribution in [1.82, 2.24) is 0 Å². The fourth-order valence-corrected chi connectivity index (χ4v) is 7.92. The summed E-state index contributed by atoms with van der Waals surface area (Å²) in [6.45, 7) is 1.84. The normalized spacial score (nSPS) is 20.5. The minimum Gasteiger partial charge on any atom is -0.387 e. The monoisotopic (exact) mass is 686 g/mol. The molecule has 0 heterocycles. The first kappa shape index (κ1) is 29.7. The van der Waals surface area contributed by atoms with Gasteiger partial charge in [-0.25, -0.2) is 0 Å². The van der Waals surface area contributed by atoms with E-state index in [4.69, 9.17) is 4.55 Å². The van der Waals surface area contributed by atoms with Crippen molar-refractivity contribution in [2.75, 3.05) is 0 Å². The summed E-state index contributed by atoms with van der Waals surface area (Å²) in [6, 6.07) is 15.0. The Labute approximate surface area is 254 Å². The van der Waals surface area contributed by atoms with Gasteiger partial charge in [-0.2, -0.15) is 8.42 Å². The Morgan fingerprint density at radius 1 is 0.775 bits per heavy atom. The molecule has 40 heavy (non-hydrogen) atoms. The van der Waals surface area contributed by atoms with Crippen LogP contribution in [0.2, 0.25) is 0 Å². The van der Waals surface area contributed by atoms with Crippen molar-refractivity contribution in [2.24, 2.45) is 0 Å². The van der Waals surface area contributed by atoms with Crippen molar-refractivity contribution in [3.05, 3.63) is 103 Å². The molecule has 4 nitrogen and oxygen atoms in total. The van der Waals surface area contributed by atoms with Gasteiger partial charge in [0.1, 0.15) is 0 Å². The topological polar surface area (TPSA) is 74.6 Å². The third kappa shape index (κ3) is 6.65. The van der Waals surface area contributed by atoms with Gasteiger partial charge in [0.15, 0.2) is 0 Å². The number of fused-ring (bicyclic) bond motifs is 6. The largest absolute Gasteiger partial charge is 0.387 e. The molecular formula is C33H36Br2O4S. The predicted molar refractivity (Wildman–Crippen MR) is 169 cm³/mol. The number of aliphatic hydroxyl groups excluding tert-OH is 1. The molecule has 0 spiro atoms. The predicted octanol–water partition coefficient (Wildman–Crippen LogP) is 8.02. The van der Waals surface area contributed by atoms with E-state index in [2.05, 4.69) is 62.2 Å². The van der Waals surface area contributed by atoms with Crippen molar-refractivity contribution in [3.63, 3.8) is 0 Å². The van der Waals surface area contributed by atoms with Gasteiger partial charge in [0.2, 0.25) is 0 Å². The van der Waals surface area contributed by atoms with Gasteiger partial charge in [-0.15, -0.1) is 0 Å². The third-order valence-corrected chi connectivity index (χ3v) is 10.6. The maximum atomic E-state index is 10.5. The van der Waals surface area contributed by atoms with E-state index >= 15 is 0 Å². The van der Waals surface area contributed by atoms with E-state index < -0.39 is 10.1 Å². The number of allylic oxidation sites excluding steroid dienone is 1. The second-order valence-corrected chi connectivity index (χ2v) is 14.8. The molecule has 3 aromatic carbocycles. The molecular weight excluding hydrogens is 652 g/mol. The van der Waals surface area contributed by atoms with Crippen LogP contribution in [0.4, 0.5) is 0 Å². The molecule has 3 aromatic rings. The third-order valence-electron chi connectivity index (χ3n) is 8.41. The van der Waals surface area contributed by atoms with E-state index in [0.29, 0.717) is 0 Å². The number of alkyl halides is 1. The van der Waals surface area contributed by atoms with Crippen molar-refractivity contribution < 1.29 is 18.1 Å². The van der Waals surface area contributed by atoms with E-state index in [1.807, 2.05) is 6.92 Å². The summed E-state index contributed by atoms with van der Waals surface area (Å²) in [7, 11) is -4.02. The molecule has 7 heteroatoms. The van der Waals surface area contributed by atoms with Crippen molar-refractivity contribution in [3.8, 4) is 0 Å². The van der Waals surface area contributed by atoms with Gasteiger partial charge in [-0.3, -0.25) is 4.55 Å². The summed E-state index contributed by atoms with van der Waals surface area (Å²) in [5.74, 6) is 0. The van der Waals surface area contributed by atoms with Crippen molar-refractivity contribution in [2.45, 2.75) is 87.0 Å². The van der Waals surface area contributed by atoms with Crippen molar-refractivity contribution in [1.29, 1.82) is 0 Å². The van der Waals surface area contributed by atoms with Crippen molar-refractivity contribution >= 4 is 48.1 Å². The van der Waals surface area contributed by atoms with Crippen LogP contribution in [-0.2, 0) is 48.6 Å². The molecule has 4 aliphatic carbocycles. The lowest BCUT2D eigenvalue weighted by molar-refractivity contribution is 0.187. The Kier molecular flexibility index (Phi) is 9.37. The molecule has 0 amide bonds. The molecule has 2 unspecified atom stereocenters. The molecule has 0 bridgehead atoms. The summed E-state index contributed by atoms with van der Waals surface area (Å²) in [6.07, 6.45) is 14.5. The first-order valence-electron chi connectivity index (χ1n) is 14.1. The van der Waals surface area contributed by atoms with Crippen LogP contribution in [0.1, 0.15) is 81.9 Å². The summed E-state index contributed by atoms with van der Waals surface area (Å²) in [5.41, 5.74) is 12.9. The highest BCUT2D eigenvalue weighted by atomic mass is 79.9. The Morgan fingerprint density at radius 3 is 1.98 bits per heavy atom. The Balaban J connectivity index is 0.000000123. The van der Waals surface area contributed by atoms with E-state index in [1.165, 1.54) is 84.7 Å². The number of hydrogen-bond acceptors (Lipinski definition) is 3. The minimum absolute atomic E-state index is 0.0666. The number of aliphatic hydroxyl groups is 1. The maximum Gasteiger partial charge on any atom is 0.294 e. The van der Waals surface area contributed by atoms with Crippen LogP contribution in [-0.4, -0.2) is 22.9 Å². The van der Waals surface area contributed by atoms with E-state index in [-0.39, 0.29) is 15.8 Å². The van der Waals surface area contributed by atoms with Crippen LogP contribution in [0.15, 0.2) is 57.9 Å². The van der Waals surface area contributed by atoms with E-state index in [0.717, 1.165) is 24.0 Å². The first-order valence-corrected chi connectivity index (χ1v) is 17.3. The molecule has 212 valence electrons. The molecule has 0 saturated carbocycles. The second-order valence-electron chi connectivity index (χ2n) is 11.2. The fraction of sp³-hybridized carbons (Fsp3) is 0.394. The number of hydrogen-bond donors (Lipinski definition) is 2. The quantitative estimate of drug-likeness (QED) is 0.201. The molecule has 0 fully saturated rings. The van der Waals surface area contributed by atoms with E-state index in [1.54, 1.807) is 34.4 Å². The van der Waals surface area contributed by atoms with Crippen LogP contribution >= 0.6 is 31.9 Å². The fourth-order valence-electron chi connectivity index (χ4n) is 6.31. The van der Waals surface area contributed by atoms with Crippen LogP contribution < -0.4 is 0 Å². The number of benzene rings is 3. The minimum atomic E-state index is -4.02. The summed E-state index contributed by atoms with van der Waals surface area (Å²) in [4.78, 5) is 0.157. The average Bonchev–Trinajstić information content (AvgIpc) is 3.47. The Bertz CT molecular complexity index is 1530. The van der Waals surface area contributed by atoms with Gasteiger partial charge in [0, 0.05) is 15.7 Å². The van der Waals surface area contributed by atoms with Gasteiger partial charge in [0.25, 0.3) is 10.1 Å². The molecule has 0 aromatic heterocycles. The van der Waals surface area contributed by atoms with Gasteiger partial charge in [0.05, 0.1) is 11.0 Å². The van der Waals surface area contributed by atoms with Crippen LogP contribution in [0.25, 0.3) is 6.08 Å². The average molecular weight is 689 g/mol. The summed E-state index contributed by atoms with van der Waals surface area (Å²) in [5, 5.41) is 10.0. The van der Waals surface area contributed by atoms with E-state index in [9.17, 15) is 13.5 Å². The van der Waals surface area contributed by atoms with Gasteiger partial charge < -0.3 is 5.11 Å². The van der Waals surface area contributed by atoms with Gasteiger partial charge in [-0.05, 0) is 127 Å². The number of aryl methyl sites for hydroxylation is 3. The van der Waals surface area contributed by atoms with Gasteiger partial charge in [-0.1, -0.05) is 73.8 Å². The highest BCUT2D eigenvalue weighted by Gasteiger charge is 2.32. The zero-order valence-corrected chi connectivity index (χ0v) is 26.8. The lowest BCUT2D eigenvalue weighted by Crippen LogP contribution is -2.06. The lowest BCUT2D eigenvalue weighted by atomic mass is 9.86. The maximum absolute atomic E-state index is 10.5. The number of halogens is 2. The van der Waals surface area contributed by atoms with Crippen LogP contribution in [0.3, 0.4) is 0 Å². The molecule has 0 saturated heterocycles. The summed E-state index contributed by atoms with van der Waals surface area (Å²) >= 11 is 7.17. The lowest BCUT2D eigenvalue weighted by Gasteiger charge is -2.19. The summed E-state index contributed by atoms with van der Waals surface area (Å²) < 4.78 is 30.9. The molecule has 7 rings (SSSR count). The number of rotatable bonds is 1. The highest BCUT2D eigenvalue weighted by Crippen LogP contribution is 2.40.